The zero-order valence-electron chi connectivity index (χ0n) is 9.99. The predicted molar refractivity (Wildman–Crippen MR) is 59.5 cm³/mol. The van der Waals surface area contributed by atoms with E-state index in [1.807, 2.05) is 0 Å². The van der Waals surface area contributed by atoms with Crippen molar-refractivity contribution in [3.8, 4) is 0 Å². The molecule has 0 aliphatic carbocycles. The van der Waals surface area contributed by atoms with Crippen LogP contribution in [-0.4, -0.2) is 32.8 Å². The van der Waals surface area contributed by atoms with Gasteiger partial charge in [-0.1, -0.05) is 13.8 Å². The third-order valence-corrected chi connectivity index (χ3v) is 2.11. The van der Waals surface area contributed by atoms with E-state index in [1.54, 1.807) is 7.11 Å². The van der Waals surface area contributed by atoms with E-state index in [0.29, 0.717) is 25.7 Å². The Morgan fingerprint density at radius 2 is 2.00 bits per heavy atom. The summed E-state index contributed by atoms with van der Waals surface area (Å²) in [7, 11) is 1.63. The van der Waals surface area contributed by atoms with Crippen molar-refractivity contribution >= 4 is 5.97 Å². The molecule has 0 rings (SSSR count). The number of hydrogen-bond acceptors (Lipinski definition) is 4. The largest absolute Gasteiger partial charge is 0.465 e. The normalized spacial score (nSPS) is 12.9. The van der Waals surface area contributed by atoms with E-state index in [2.05, 4.69) is 13.8 Å². The first-order chi connectivity index (χ1) is 7.11. The minimum Gasteiger partial charge on any atom is -0.465 e. The summed E-state index contributed by atoms with van der Waals surface area (Å²) in [5, 5.41) is 0. The lowest BCUT2D eigenvalue weighted by Gasteiger charge is -2.15. The fraction of sp³-hybridized carbons (Fsp3) is 0.909. The van der Waals surface area contributed by atoms with Gasteiger partial charge in [0.15, 0.2) is 0 Å². The van der Waals surface area contributed by atoms with Crippen molar-refractivity contribution in [2.45, 2.75) is 26.7 Å². The van der Waals surface area contributed by atoms with E-state index in [1.165, 1.54) is 0 Å². The lowest BCUT2D eigenvalue weighted by Crippen LogP contribution is -2.27. The number of ether oxygens (including phenoxy) is 2. The third-order valence-electron chi connectivity index (χ3n) is 2.11. The van der Waals surface area contributed by atoms with Crippen LogP contribution < -0.4 is 5.73 Å². The summed E-state index contributed by atoms with van der Waals surface area (Å²) in [6.45, 7) is 5.54. The van der Waals surface area contributed by atoms with Gasteiger partial charge in [0.2, 0.25) is 0 Å². The summed E-state index contributed by atoms with van der Waals surface area (Å²) in [5.74, 6) is 0.125. The number of carbonyl (C=O) groups excluding carboxylic acids is 1. The van der Waals surface area contributed by atoms with Crippen LogP contribution in [-0.2, 0) is 14.3 Å². The van der Waals surface area contributed by atoms with Gasteiger partial charge in [0.1, 0.15) is 0 Å². The number of rotatable bonds is 8. The van der Waals surface area contributed by atoms with E-state index in [9.17, 15) is 4.79 Å². The van der Waals surface area contributed by atoms with Crippen molar-refractivity contribution in [1.29, 1.82) is 0 Å². The summed E-state index contributed by atoms with van der Waals surface area (Å²) in [6, 6.07) is 0. The van der Waals surface area contributed by atoms with E-state index in [4.69, 9.17) is 15.2 Å². The number of carbonyl (C=O) groups is 1. The maximum atomic E-state index is 11.5. The Morgan fingerprint density at radius 1 is 1.33 bits per heavy atom. The molecule has 90 valence electrons. The van der Waals surface area contributed by atoms with Gasteiger partial charge < -0.3 is 15.2 Å². The molecule has 0 aliphatic heterocycles. The number of nitrogens with two attached hydrogens (primary N) is 1. The molecule has 4 nitrogen and oxygen atoms in total. The second-order valence-corrected chi connectivity index (χ2v) is 4.08. The number of hydrogen-bond donors (Lipinski definition) is 1. The van der Waals surface area contributed by atoms with Crippen LogP contribution in [0.2, 0.25) is 0 Å². The molecule has 0 heterocycles. The molecule has 15 heavy (non-hydrogen) atoms. The van der Waals surface area contributed by atoms with Gasteiger partial charge in [-0.2, -0.15) is 0 Å². The van der Waals surface area contributed by atoms with E-state index >= 15 is 0 Å². The van der Waals surface area contributed by atoms with Gasteiger partial charge in [0.25, 0.3) is 0 Å². The molecule has 1 atom stereocenters. The van der Waals surface area contributed by atoms with Crippen LogP contribution in [0, 0.1) is 11.8 Å². The molecule has 2 N–H and O–H groups in total. The van der Waals surface area contributed by atoms with E-state index < -0.39 is 0 Å². The molecule has 0 amide bonds. The Kier molecular flexibility index (Phi) is 8.33. The van der Waals surface area contributed by atoms with Crippen LogP contribution in [0.4, 0.5) is 0 Å². The molecule has 0 fully saturated rings. The Morgan fingerprint density at radius 3 is 2.47 bits per heavy atom. The Bertz CT molecular complexity index is 171. The van der Waals surface area contributed by atoms with Crippen LogP contribution in [0.5, 0.6) is 0 Å². The SMILES string of the molecule is COCCCOC(=O)C(CN)CC(C)C. The molecule has 1 unspecified atom stereocenters. The lowest BCUT2D eigenvalue weighted by atomic mass is 9.97. The fourth-order valence-corrected chi connectivity index (χ4v) is 1.35. The van der Waals surface area contributed by atoms with Crippen LogP contribution in [0.25, 0.3) is 0 Å². The van der Waals surface area contributed by atoms with E-state index in [-0.39, 0.29) is 11.9 Å². The zero-order chi connectivity index (χ0) is 11.7. The molecule has 0 radical (unpaired) electrons. The van der Waals surface area contributed by atoms with Gasteiger partial charge in [-0.05, 0) is 12.3 Å². The van der Waals surface area contributed by atoms with Crippen LogP contribution in [0.3, 0.4) is 0 Å². The highest BCUT2D eigenvalue weighted by Crippen LogP contribution is 2.12. The zero-order valence-corrected chi connectivity index (χ0v) is 9.99. The second-order valence-electron chi connectivity index (χ2n) is 4.08. The molecule has 0 aromatic carbocycles. The average Bonchev–Trinajstić information content (AvgIpc) is 2.20. The Labute approximate surface area is 92.1 Å². The minimum atomic E-state index is -0.178. The molecule has 0 bridgehead atoms. The van der Waals surface area contributed by atoms with Crippen LogP contribution >= 0.6 is 0 Å². The first-order valence-corrected chi connectivity index (χ1v) is 5.47. The highest BCUT2D eigenvalue weighted by Gasteiger charge is 2.19. The third kappa shape index (κ3) is 7.33. The predicted octanol–water partition coefficient (Wildman–Crippen LogP) is 1.19. The maximum Gasteiger partial charge on any atom is 0.310 e. The topological polar surface area (TPSA) is 61.5 Å². The molecule has 0 aliphatic rings. The van der Waals surface area contributed by atoms with Crippen molar-refractivity contribution < 1.29 is 14.3 Å². The molecule has 0 saturated heterocycles. The molecule has 0 aromatic rings. The first kappa shape index (κ1) is 14.4. The molecule has 0 spiro atoms. The van der Waals surface area contributed by atoms with Crippen molar-refractivity contribution in [1.82, 2.24) is 0 Å². The molecular weight excluding hydrogens is 194 g/mol. The molecular formula is C11H23NO3. The van der Waals surface area contributed by atoms with Gasteiger partial charge >= 0.3 is 5.97 Å². The number of esters is 1. The second kappa shape index (κ2) is 8.68. The standard InChI is InChI=1S/C11H23NO3/c1-9(2)7-10(8-12)11(13)15-6-4-5-14-3/h9-10H,4-8,12H2,1-3H3. The smallest absolute Gasteiger partial charge is 0.310 e. The Balaban J connectivity index is 3.73. The first-order valence-electron chi connectivity index (χ1n) is 5.47. The van der Waals surface area contributed by atoms with Crippen LogP contribution in [0.15, 0.2) is 0 Å². The van der Waals surface area contributed by atoms with Crippen molar-refractivity contribution in [3.63, 3.8) is 0 Å². The number of methoxy groups -OCH3 is 1. The highest BCUT2D eigenvalue weighted by atomic mass is 16.5. The summed E-state index contributed by atoms with van der Waals surface area (Å²) in [4.78, 5) is 11.5. The van der Waals surface area contributed by atoms with E-state index in [0.717, 1.165) is 12.8 Å². The van der Waals surface area contributed by atoms with Gasteiger partial charge in [0.05, 0.1) is 12.5 Å². The molecule has 0 saturated carbocycles. The summed E-state index contributed by atoms with van der Waals surface area (Å²) in [5.41, 5.74) is 5.53. The van der Waals surface area contributed by atoms with Gasteiger partial charge in [-0.3, -0.25) is 4.79 Å². The highest BCUT2D eigenvalue weighted by molar-refractivity contribution is 5.72. The summed E-state index contributed by atoms with van der Waals surface area (Å²) < 4.78 is 9.96. The van der Waals surface area contributed by atoms with Crippen LogP contribution in [0.1, 0.15) is 26.7 Å². The summed E-state index contributed by atoms with van der Waals surface area (Å²) >= 11 is 0. The Hall–Kier alpha value is -0.610. The lowest BCUT2D eigenvalue weighted by molar-refractivity contribution is -0.149. The monoisotopic (exact) mass is 217 g/mol. The van der Waals surface area contributed by atoms with Crippen molar-refractivity contribution in [2.75, 3.05) is 26.9 Å². The van der Waals surface area contributed by atoms with Gasteiger partial charge in [0, 0.05) is 26.7 Å². The summed E-state index contributed by atoms with van der Waals surface area (Å²) in [6.07, 6.45) is 1.53. The maximum absolute atomic E-state index is 11.5. The van der Waals surface area contributed by atoms with Gasteiger partial charge in [-0.15, -0.1) is 0 Å². The molecule has 4 heteroatoms. The van der Waals surface area contributed by atoms with Crippen molar-refractivity contribution in [3.05, 3.63) is 0 Å². The van der Waals surface area contributed by atoms with Crippen molar-refractivity contribution in [2.24, 2.45) is 17.6 Å². The van der Waals surface area contributed by atoms with Gasteiger partial charge in [-0.25, -0.2) is 0 Å². The fourth-order valence-electron chi connectivity index (χ4n) is 1.35. The average molecular weight is 217 g/mol. The molecule has 0 aromatic heterocycles. The quantitative estimate of drug-likeness (QED) is 0.490. The minimum absolute atomic E-state index is 0.160.